The largest absolute Gasteiger partial charge is 0.508 e. The lowest BCUT2D eigenvalue weighted by atomic mass is 9.95. The van der Waals surface area contributed by atoms with Gasteiger partial charge in [-0.3, -0.25) is 10.8 Å². The van der Waals surface area contributed by atoms with Gasteiger partial charge in [-0.15, -0.1) is 0 Å². The Morgan fingerprint density at radius 2 is 1.84 bits per heavy atom. The Morgan fingerprint density at radius 1 is 1.08 bits per heavy atom. The SMILES string of the molecule is Cc1cc(O)ccc1C(=N)c1cc[nH]c1C(=NC=N)c1ccccc1. The Bertz CT molecular complexity index is 955. The number of aromatic amines is 1. The summed E-state index contributed by atoms with van der Waals surface area (Å²) in [5, 5.41) is 25.6. The summed E-state index contributed by atoms with van der Waals surface area (Å²) in [4.78, 5) is 7.35. The molecule has 0 atom stereocenters. The van der Waals surface area contributed by atoms with Crippen LogP contribution < -0.4 is 0 Å². The van der Waals surface area contributed by atoms with Crippen molar-refractivity contribution in [1.29, 1.82) is 10.8 Å². The minimum absolute atomic E-state index is 0.179. The molecule has 25 heavy (non-hydrogen) atoms. The molecule has 0 bridgehead atoms. The summed E-state index contributed by atoms with van der Waals surface area (Å²) >= 11 is 0. The van der Waals surface area contributed by atoms with Gasteiger partial charge in [-0.1, -0.05) is 30.3 Å². The average molecular weight is 330 g/mol. The van der Waals surface area contributed by atoms with Gasteiger partial charge < -0.3 is 10.1 Å². The van der Waals surface area contributed by atoms with Gasteiger partial charge in [0.05, 0.1) is 17.1 Å². The van der Waals surface area contributed by atoms with Crippen LogP contribution in [0.4, 0.5) is 0 Å². The van der Waals surface area contributed by atoms with Gasteiger partial charge in [0.25, 0.3) is 0 Å². The Labute approximate surface area is 145 Å². The summed E-state index contributed by atoms with van der Waals surface area (Å²) in [6.45, 7) is 1.86. The van der Waals surface area contributed by atoms with Crippen LogP contribution in [0.25, 0.3) is 0 Å². The van der Waals surface area contributed by atoms with Crippen LogP contribution in [0.3, 0.4) is 0 Å². The molecule has 0 unspecified atom stereocenters. The number of hydrogen-bond acceptors (Lipinski definition) is 3. The number of nitrogens with one attached hydrogen (secondary N) is 3. The van der Waals surface area contributed by atoms with Crippen LogP contribution >= 0.6 is 0 Å². The fourth-order valence-electron chi connectivity index (χ4n) is 2.79. The van der Waals surface area contributed by atoms with E-state index in [0.717, 1.165) is 23.0 Å². The number of rotatable bonds is 5. The first-order valence-corrected chi connectivity index (χ1v) is 7.80. The van der Waals surface area contributed by atoms with E-state index in [-0.39, 0.29) is 5.75 Å². The molecular weight excluding hydrogens is 312 g/mol. The van der Waals surface area contributed by atoms with Gasteiger partial charge in [-0.05, 0) is 36.8 Å². The number of hydrogen-bond donors (Lipinski definition) is 4. The van der Waals surface area contributed by atoms with Gasteiger partial charge in [-0.25, -0.2) is 4.99 Å². The molecule has 0 aliphatic rings. The molecular formula is C20H18N4O. The fraction of sp³-hybridized carbons (Fsp3) is 0.0500. The molecule has 5 heteroatoms. The van der Waals surface area contributed by atoms with Crippen LogP contribution in [0, 0.1) is 17.7 Å². The molecule has 5 nitrogen and oxygen atoms in total. The molecule has 3 rings (SSSR count). The van der Waals surface area contributed by atoms with Crippen molar-refractivity contribution in [3.63, 3.8) is 0 Å². The van der Waals surface area contributed by atoms with Gasteiger partial charge in [0, 0.05) is 22.9 Å². The zero-order valence-corrected chi connectivity index (χ0v) is 13.7. The summed E-state index contributed by atoms with van der Waals surface area (Å²) in [6.07, 6.45) is 2.76. The van der Waals surface area contributed by atoms with E-state index in [4.69, 9.17) is 10.8 Å². The van der Waals surface area contributed by atoms with E-state index >= 15 is 0 Å². The third kappa shape index (κ3) is 3.26. The highest BCUT2D eigenvalue weighted by Gasteiger charge is 2.18. The number of aromatic hydroxyl groups is 1. The summed E-state index contributed by atoms with van der Waals surface area (Å²) in [6, 6.07) is 16.4. The average Bonchev–Trinajstić information content (AvgIpc) is 3.09. The van der Waals surface area contributed by atoms with Crippen LogP contribution in [0.5, 0.6) is 5.75 Å². The lowest BCUT2D eigenvalue weighted by Gasteiger charge is -2.11. The summed E-state index contributed by atoms with van der Waals surface area (Å²) < 4.78 is 0. The van der Waals surface area contributed by atoms with E-state index in [1.165, 1.54) is 0 Å². The zero-order valence-electron chi connectivity index (χ0n) is 13.7. The van der Waals surface area contributed by atoms with E-state index < -0.39 is 0 Å². The van der Waals surface area contributed by atoms with E-state index in [2.05, 4.69) is 9.98 Å². The molecule has 0 aliphatic carbocycles. The fourth-order valence-corrected chi connectivity index (χ4v) is 2.79. The van der Waals surface area contributed by atoms with E-state index in [9.17, 15) is 5.11 Å². The molecule has 0 amide bonds. The first-order chi connectivity index (χ1) is 12.1. The number of phenols is 1. The van der Waals surface area contributed by atoms with Crippen LogP contribution in [-0.2, 0) is 0 Å². The quantitative estimate of drug-likeness (QED) is 0.414. The van der Waals surface area contributed by atoms with E-state index in [0.29, 0.717) is 22.7 Å². The monoisotopic (exact) mass is 330 g/mol. The topological polar surface area (TPSA) is 96.1 Å². The molecule has 3 aromatic rings. The Hall–Kier alpha value is -3.47. The summed E-state index contributed by atoms with van der Waals surface area (Å²) in [7, 11) is 0. The predicted molar refractivity (Wildman–Crippen MR) is 100 cm³/mol. The van der Waals surface area contributed by atoms with Gasteiger partial charge in [0.2, 0.25) is 0 Å². The number of nitrogens with zero attached hydrogens (tertiary/aromatic N) is 1. The first-order valence-electron chi connectivity index (χ1n) is 7.80. The maximum atomic E-state index is 9.59. The molecule has 0 saturated heterocycles. The Balaban J connectivity index is 2.09. The van der Waals surface area contributed by atoms with Crippen molar-refractivity contribution in [2.75, 3.05) is 0 Å². The van der Waals surface area contributed by atoms with E-state index in [1.807, 2.05) is 43.3 Å². The number of aliphatic imine (C=N–C) groups is 1. The molecule has 1 heterocycles. The van der Waals surface area contributed by atoms with Crippen LogP contribution in [-0.4, -0.2) is 27.9 Å². The molecule has 124 valence electrons. The minimum Gasteiger partial charge on any atom is -0.508 e. The predicted octanol–water partition coefficient (Wildman–Crippen LogP) is 3.89. The lowest BCUT2D eigenvalue weighted by molar-refractivity contribution is 0.475. The lowest BCUT2D eigenvalue weighted by Crippen LogP contribution is -2.12. The van der Waals surface area contributed by atoms with Crippen LogP contribution in [0.2, 0.25) is 0 Å². The molecule has 0 spiro atoms. The van der Waals surface area contributed by atoms with Crippen molar-refractivity contribution in [1.82, 2.24) is 4.98 Å². The number of benzene rings is 2. The number of H-pyrrole nitrogens is 1. The first kappa shape index (κ1) is 16.4. The zero-order chi connectivity index (χ0) is 17.8. The maximum absolute atomic E-state index is 9.59. The van der Waals surface area contributed by atoms with Crippen LogP contribution in [0.15, 0.2) is 65.8 Å². The van der Waals surface area contributed by atoms with Gasteiger partial charge in [0.1, 0.15) is 12.1 Å². The van der Waals surface area contributed by atoms with E-state index in [1.54, 1.807) is 24.4 Å². The minimum atomic E-state index is 0.179. The third-order valence-electron chi connectivity index (χ3n) is 3.97. The highest BCUT2D eigenvalue weighted by Crippen LogP contribution is 2.22. The summed E-state index contributed by atoms with van der Waals surface area (Å²) in [5.41, 5.74) is 4.75. The van der Waals surface area contributed by atoms with Crippen molar-refractivity contribution in [3.8, 4) is 5.75 Å². The highest BCUT2D eigenvalue weighted by atomic mass is 16.3. The van der Waals surface area contributed by atoms with Crippen molar-refractivity contribution in [2.24, 2.45) is 4.99 Å². The maximum Gasteiger partial charge on any atom is 0.115 e. The summed E-state index contributed by atoms with van der Waals surface area (Å²) in [5.74, 6) is 0.179. The molecule has 1 aromatic heterocycles. The highest BCUT2D eigenvalue weighted by molar-refractivity contribution is 6.22. The van der Waals surface area contributed by atoms with Crippen molar-refractivity contribution < 1.29 is 5.11 Å². The molecule has 4 N–H and O–H groups in total. The molecule has 0 aliphatic heterocycles. The molecule has 2 aromatic carbocycles. The van der Waals surface area contributed by atoms with Gasteiger partial charge in [-0.2, -0.15) is 0 Å². The van der Waals surface area contributed by atoms with Crippen molar-refractivity contribution in [3.05, 3.63) is 88.7 Å². The molecule has 0 fully saturated rings. The second-order valence-electron chi connectivity index (χ2n) is 5.61. The number of aryl methyl sites for hydroxylation is 1. The Kier molecular flexibility index (Phi) is 4.57. The second-order valence-corrected chi connectivity index (χ2v) is 5.61. The number of aromatic nitrogens is 1. The molecule has 0 radical (unpaired) electrons. The molecule has 0 saturated carbocycles. The third-order valence-corrected chi connectivity index (χ3v) is 3.97. The van der Waals surface area contributed by atoms with Crippen molar-refractivity contribution >= 4 is 17.8 Å². The van der Waals surface area contributed by atoms with Crippen molar-refractivity contribution in [2.45, 2.75) is 6.92 Å². The standard InChI is InChI=1S/C20H18N4O/c1-13-11-15(25)7-8-16(13)18(22)17-9-10-23-20(17)19(24-12-21)14-5-3-2-4-6-14/h2-12,21-23,25H,1H3. The smallest absolute Gasteiger partial charge is 0.115 e. The van der Waals surface area contributed by atoms with Gasteiger partial charge in [0.15, 0.2) is 0 Å². The number of phenolic OH excluding ortho intramolecular Hbond substituents is 1. The van der Waals surface area contributed by atoms with Gasteiger partial charge >= 0.3 is 0 Å². The second kappa shape index (κ2) is 6.97. The normalized spacial score (nSPS) is 11.3. The van der Waals surface area contributed by atoms with Crippen LogP contribution in [0.1, 0.15) is 27.9 Å². The Morgan fingerprint density at radius 3 is 2.52 bits per heavy atom.